The summed E-state index contributed by atoms with van der Waals surface area (Å²) in [6.07, 6.45) is 8.54. The number of nitrogens with two attached hydrogens (primary N) is 1. The van der Waals surface area contributed by atoms with Crippen LogP contribution in [0.1, 0.15) is 31.4 Å². The van der Waals surface area contributed by atoms with Crippen molar-refractivity contribution in [3.63, 3.8) is 0 Å². The van der Waals surface area contributed by atoms with E-state index in [1.807, 2.05) is 12.4 Å². The largest absolute Gasteiger partial charge is 0.388 e. The van der Waals surface area contributed by atoms with E-state index in [0.717, 1.165) is 75.4 Å². The standard InChI is InChI=1S/C21H32N6/c1-26-6-8-27(9-7-26)18-4-5-20(25-13-18)19(21(23)16-2-3-16)14-24-17-10-15(11-17)12-22/h4-5,13-17,23-24H,2-3,6-12,22H2,1H3/b19-14-,23-21?. The van der Waals surface area contributed by atoms with E-state index in [0.29, 0.717) is 17.9 Å². The smallest absolute Gasteiger partial charge is 0.0736 e. The van der Waals surface area contributed by atoms with Crippen LogP contribution in [0, 0.1) is 17.2 Å². The van der Waals surface area contributed by atoms with Crippen molar-refractivity contribution < 1.29 is 0 Å². The second-order valence-corrected chi connectivity index (χ2v) is 8.37. The first-order valence-corrected chi connectivity index (χ1v) is 10.3. The second kappa shape index (κ2) is 7.98. The molecule has 0 amide bonds. The predicted octanol–water partition coefficient (Wildman–Crippen LogP) is 1.93. The first-order valence-electron chi connectivity index (χ1n) is 10.3. The minimum absolute atomic E-state index is 0.412. The van der Waals surface area contributed by atoms with E-state index in [2.05, 4.69) is 34.3 Å². The van der Waals surface area contributed by atoms with Gasteiger partial charge in [-0.1, -0.05) is 0 Å². The van der Waals surface area contributed by atoms with Crippen LogP contribution in [0.15, 0.2) is 24.5 Å². The molecule has 0 spiro atoms. The number of pyridine rings is 1. The molecule has 3 aliphatic rings. The molecule has 6 heteroatoms. The Kier molecular flexibility index (Phi) is 5.45. The molecule has 2 aliphatic carbocycles. The van der Waals surface area contributed by atoms with Crippen LogP contribution in [-0.2, 0) is 0 Å². The van der Waals surface area contributed by atoms with Crippen LogP contribution in [-0.4, -0.2) is 61.4 Å². The number of nitrogens with zero attached hydrogens (tertiary/aromatic N) is 3. The maximum absolute atomic E-state index is 8.58. The number of aromatic nitrogens is 1. The molecule has 2 heterocycles. The topological polar surface area (TPSA) is 81.3 Å². The summed E-state index contributed by atoms with van der Waals surface area (Å²) in [6.45, 7) is 5.05. The summed E-state index contributed by atoms with van der Waals surface area (Å²) in [5, 5.41) is 12.1. The first kappa shape index (κ1) is 18.4. The monoisotopic (exact) mass is 368 g/mol. The molecular formula is C21H32N6. The maximum Gasteiger partial charge on any atom is 0.0736 e. The third-order valence-electron chi connectivity index (χ3n) is 6.20. The lowest BCUT2D eigenvalue weighted by Gasteiger charge is -2.35. The summed E-state index contributed by atoms with van der Waals surface area (Å²) in [5.74, 6) is 1.07. The molecule has 6 nitrogen and oxygen atoms in total. The molecule has 0 unspecified atom stereocenters. The molecule has 0 radical (unpaired) electrons. The summed E-state index contributed by atoms with van der Waals surface area (Å²) in [5.41, 5.74) is 9.51. The van der Waals surface area contributed by atoms with Crippen molar-refractivity contribution in [3.05, 3.63) is 30.2 Å². The van der Waals surface area contributed by atoms with Crippen LogP contribution in [0.4, 0.5) is 5.69 Å². The first-order chi connectivity index (χ1) is 13.1. The Bertz CT molecular complexity index is 679. The fourth-order valence-electron chi connectivity index (χ4n) is 3.94. The third kappa shape index (κ3) is 4.33. The Morgan fingerprint density at radius 3 is 2.59 bits per heavy atom. The van der Waals surface area contributed by atoms with Crippen LogP contribution in [0.2, 0.25) is 0 Å². The van der Waals surface area contributed by atoms with Gasteiger partial charge in [0, 0.05) is 55.6 Å². The average Bonchev–Trinajstić information content (AvgIpc) is 3.49. The molecule has 4 rings (SSSR count). The second-order valence-electron chi connectivity index (χ2n) is 8.37. The molecular weight excluding hydrogens is 336 g/mol. The van der Waals surface area contributed by atoms with Gasteiger partial charge < -0.3 is 26.3 Å². The maximum atomic E-state index is 8.58. The molecule has 0 aromatic carbocycles. The summed E-state index contributed by atoms with van der Waals surface area (Å²) >= 11 is 0. The number of anilines is 1. The van der Waals surface area contributed by atoms with Crippen molar-refractivity contribution in [3.8, 4) is 0 Å². The predicted molar refractivity (Wildman–Crippen MR) is 111 cm³/mol. The Hall–Kier alpha value is -1.92. The minimum atomic E-state index is 0.412. The Balaban J connectivity index is 1.45. The highest BCUT2D eigenvalue weighted by molar-refractivity contribution is 6.23. The molecule has 3 fully saturated rings. The molecule has 146 valence electrons. The zero-order valence-corrected chi connectivity index (χ0v) is 16.3. The van der Waals surface area contributed by atoms with Gasteiger partial charge in [0.05, 0.1) is 17.6 Å². The average molecular weight is 369 g/mol. The molecule has 0 bridgehead atoms. The lowest BCUT2D eigenvalue weighted by atomic mass is 9.80. The Morgan fingerprint density at radius 1 is 1.26 bits per heavy atom. The van der Waals surface area contributed by atoms with Crippen molar-refractivity contribution in [2.45, 2.75) is 31.7 Å². The number of piperazine rings is 1. The quantitative estimate of drug-likeness (QED) is 0.641. The van der Waals surface area contributed by atoms with Crippen LogP contribution < -0.4 is 16.0 Å². The summed E-state index contributed by atoms with van der Waals surface area (Å²) in [7, 11) is 2.17. The molecule has 27 heavy (non-hydrogen) atoms. The Labute approximate surface area is 162 Å². The molecule has 1 aromatic heterocycles. The van der Waals surface area contributed by atoms with E-state index in [4.69, 9.17) is 16.1 Å². The van der Waals surface area contributed by atoms with Crippen molar-refractivity contribution in [2.75, 3.05) is 44.7 Å². The highest BCUT2D eigenvalue weighted by atomic mass is 15.2. The number of hydrogen-bond donors (Lipinski definition) is 3. The minimum Gasteiger partial charge on any atom is -0.388 e. The molecule has 1 aliphatic heterocycles. The third-order valence-corrected chi connectivity index (χ3v) is 6.20. The summed E-state index contributed by atoms with van der Waals surface area (Å²) < 4.78 is 0. The number of nitrogens with one attached hydrogen (secondary N) is 2. The normalized spacial score (nSPS) is 26.6. The van der Waals surface area contributed by atoms with E-state index in [9.17, 15) is 0 Å². The van der Waals surface area contributed by atoms with E-state index in [1.165, 1.54) is 5.69 Å². The molecule has 0 atom stereocenters. The van der Waals surface area contributed by atoms with Gasteiger partial charge >= 0.3 is 0 Å². The fourth-order valence-corrected chi connectivity index (χ4v) is 3.94. The van der Waals surface area contributed by atoms with Crippen LogP contribution in [0.5, 0.6) is 0 Å². The van der Waals surface area contributed by atoms with Gasteiger partial charge in [0.1, 0.15) is 0 Å². The van der Waals surface area contributed by atoms with Crippen molar-refractivity contribution in [1.82, 2.24) is 15.2 Å². The van der Waals surface area contributed by atoms with Gasteiger partial charge in [-0.15, -0.1) is 0 Å². The number of rotatable bonds is 7. The number of hydrogen-bond acceptors (Lipinski definition) is 6. The number of likely N-dealkylation sites (N-methyl/N-ethyl adjacent to an activating group) is 1. The highest BCUT2D eigenvalue weighted by Gasteiger charge is 2.31. The zero-order chi connectivity index (χ0) is 18.8. The highest BCUT2D eigenvalue weighted by Crippen LogP contribution is 2.35. The van der Waals surface area contributed by atoms with Crippen molar-refractivity contribution in [2.24, 2.45) is 17.6 Å². The number of allylic oxidation sites excluding steroid dienone is 1. The summed E-state index contributed by atoms with van der Waals surface area (Å²) in [4.78, 5) is 9.49. The van der Waals surface area contributed by atoms with Gasteiger partial charge in [-0.05, 0) is 57.3 Å². The van der Waals surface area contributed by atoms with Crippen LogP contribution in [0.3, 0.4) is 0 Å². The fraction of sp³-hybridized carbons (Fsp3) is 0.619. The summed E-state index contributed by atoms with van der Waals surface area (Å²) in [6, 6.07) is 4.74. The zero-order valence-electron chi connectivity index (χ0n) is 16.3. The van der Waals surface area contributed by atoms with E-state index in [1.54, 1.807) is 0 Å². The molecule has 1 aromatic rings. The van der Waals surface area contributed by atoms with Crippen molar-refractivity contribution in [1.29, 1.82) is 5.41 Å². The molecule has 4 N–H and O–H groups in total. The molecule has 1 saturated heterocycles. The van der Waals surface area contributed by atoms with Gasteiger partial charge in [0.15, 0.2) is 0 Å². The van der Waals surface area contributed by atoms with Gasteiger partial charge in [-0.25, -0.2) is 0 Å². The Morgan fingerprint density at radius 2 is 2.00 bits per heavy atom. The van der Waals surface area contributed by atoms with Gasteiger partial charge in [0.25, 0.3) is 0 Å². The van der Waals surface area contributed by atoms with Crippen LogP contribution in [0.25, 0.3) is 5.57 Å². The van der Waals surface area contributed by atoms with Crippen molar-refractivity contribution >= 4 is 17.0 Å². The van der Waals surface area contributed by atoms with E-state index >= 15 is 0 Å². The van der Waals surface area contributed by atoms with E-state index < -0.39 is 0 Å². The van der Waals surface area contributed by atoms with Gasteiger partial charge in [-0.2, -0.15) is 0 Å². The lowest BCUT2D eigenvalue weighted by Crippen LogP contribution is -2.44. The lowest BCUT2D eigenvalue weighted by molar-refractivity contribution is 0.247. The van der Waals surface area contributed by atoms with E-state index in [-0.39, 0.29) is 0 Å². The SMILES string of the molecule is CN1CCN(c2ccc(/C(=C/NC3CC(CN)C3)C(=N)C3CC3)nc2)CC1. The van der Waals surface area contributed by atoms with Gasteiger partial charge in [-0.3, -0.25) is 4.98 Å². The molecule has 2 saturated carbocycles. The van der Waals surface area contributed by atoms with Crippen LogP contribution >= 0.6 is 0 Å². The van der Waals surface area contributed by atoms with Gasteiger partial charge in [0.2, 0.25) is 0 Å².